The summed E-state index contributed by atoms with van der Waals surface area (Å²) >= 11 is 4.71. The fourth-order valence-electron chi connectivity index (χ4n) is 3.16. The minimum absolute atomic E-state index is 0.0376. The lowest BCUT2D eigenvalue weighted by Gasteiger charge is -2.21. The molecule has 3 N–H and O–H groups in total. The first-order valence-electron chi connectivity index (χ1n) is 6.76. The molecule has 3 rings (SSSR count). The largest absolute Gasteiger partial charge is 0.326 e. The molecule has 0 saturated carbocycles. The van der Waals surface area contributed by atoms with Gasteiger partial charge in [-0.1, -0.05) is 0 Å². The van der Waals surface area contributed by atoms with Crippen molar-refractivity contribution in [1.82, 2.24) is 9.62 Å². The van der Waals surface area contributed by atoms with Crippen molar-refractivity contribution in [1.29, 1.82) is 0 Å². The number of nitrogens with two attached hydrogens (primary N) is 1. The molecule has 2 aliphatic heterocycles. The molecule has 8 heteroatoms. The van der Waals surface area contributed by atoms with Crippen LogP contribution in [0.25, 0.3) is 0 Å². The summed E-state index contributed by atoms with van der Waals surface area (Å²) in [7, 11) is -3.47. The monoisotopic (exact) mass is 379 g/mol. The molecular weight excluding hydrogens is 362 g/mol. The van der Waals surface area contributed by atoms with E-state index < -0.39 is 10.0 Å². The van der Waals surface area contributed by atoms with E-state index in [1.807, 2.05) is 0 Å². The van der Waals surface area contributed by atoms with Gasteiger partial charge >= 0.3 is 0 Å². The Hall–Kier alpha value is 0.01000. The van der Waals surface area contributed by atoms with E-state index in [0.29, 0.717) is 21.3 Å². The van der Waals surface area contributed by atoms with E-state index in [1.165, 1.54) is 17.8 Å². The topological polar surface area (TPSA) is 75.4 Å². The zero-order valence-electron chi connectivity index (χ0n) is 11.0. The number of rotatable bonds is 4. The Morgan fingerprint density at radius 1 is 1.45 bits per heavy atom. The summed E-state index contributed by atoms with van der Waals surface area (Å²) in [5.74, 6) is 0. The van der Waals surface area contributed by atoms with Crippen molar-refractivity contribution in [2.75, 3.05) is 13.1 Å². The SMILES string of the molecule is NCc1cc(S(=O)(=O)NC2CCN3CCCC23)c(Br)s1. The lowest BCUT2D eigenvalue weighted by molar-refractivity contribution is 0.309. The third-order valence-corrected chi connectivity index (χ3v) is 7.87. The van der Waals surface area contributed by atoms with Crippen LogP contribution >= 0.6 is 27.3 Å². The van der Waals surface area contributed by atoms with Crippen molar-refractivity contribution in [3.05, 3.63) is 14.7 Å². The quantitative estimate of drug-likeness (QED) is 0.830. The van der Waals surface area contributed by atoms with Crippen LogP contribution in [0.2, 0.25) is 0 Å². The van der Waals surface area contributed by atoms with E-state index in [0.717, 1.165) is 30.8 Å². The molecule has 0 aromatic carbocycles. The average Bonchev–Trinajstić information content (AvgIpc) is 3.06. The van der Waals surface area contributed by atoms with E-state index in [-0.39, 0.29) is 6.04 Å². The molecule has 1 aromatic rings. The zero-order valence-corrected chi connectivity index (χ0v) is 14.2. The second-order valence-electron chi connectivity index (χ2n) is 5.32. The van der Waals surface area contributed by atoms with Crippen LogP contribution in [0.4, 0.5) is 0 Å². The molecule has 2 aliphatic rings. The average molecular weight is 380 g/mol. The summed E-state index contributed by atoms with van der Waals surface area (Å²) in [5.41, 5.74) is 5.58. The van der Waals surface area contributed by atoms with Crippen molar-refractivity contribution in [3.63, 3.8) is 0 Å². The first kappa shape index (κ1) is 14.9. The standard InChI is InChI=1S/C12H18BrN3O2S2/c13-12-11(6-8(7-14)19-12)20(17,18)15-9-3-5-16-4-1-2-10(9)16/h6,9-10,15H,1-5,7,14H2. The van der Waals surface area contributed by atoms with E-state index in [2.05, 4.69) is 25.6 Å². The van der Waals surface area contributed by atoms with Gasteiger partial charge in [0.05, 0.1) is 3.79 Å². The molecule has 0 spiro atoms. The van der Waals surface area contributed by atoms with Gasteiger partial charge in [0.1, 0.15) is 4.90 Å². The normalized spacial score (nSPS) is 27.1. The molecule has 2 saturated heterocycles. The predicted molar refractivity (Wildman–Crippen MR) is 83.2 cm³/mol. The summed E-state index contributed by atoms with van der Waals surface area (Å²) < 4.78 is 28.6. The lowest BCUT2D eigenvalue weighted by Crippen LogP contribution is -2.42. The fourth-order valence-corrected chi connectivity index (χ4v) is 7.03. The molecule has 2 unspecified atom stereocenters. The summed E-state index contributed by atoms with van der Waals surface area (Å²) in [6, 6.07) is 2.07. The van der Waals surface area contributed by atoms with Crippen LogP contribution < -0.4 is 10.5 Å². The molecule has 20 heavy (non-hydrogen) atoms. The van der Waals surface area contributed by atoms with Crippen molar-refractivity contribution in [2.45, 2.75) is 42.8 Å². The van der Waals surface area contributed by atoms with Crippen LogP contribution in [0.1, 0.15) is 24.1 Å². The highest BCUT2D eigenvalue weighted by Gasteiger charge is 2.39. The van der Waals surface area contributed by atoms with Crippen LogP contribution in [-0.4, -0.2) is 38.5 Å². The van der Waals surface area contributed by atoms with Crippen LogP contribution in [-0.2, 0) is 16.6 Å². The van der Waals surface area contributed by atoms with Gasteiger partial charge in [0, 0.05) is 30.1 Å². The van der Waals surface area contributed by atoms with Crippen molar-refractivity contribution >= 4 is 37.3 Å². The van der Waals surface area contributed by atoms with Gasteiger partial charge in [-0.15, -0.1) is 11.3 Å². The Kier molecular flexibility index (Phi) is 4.22. The Morgan fingerprint density at radius 2 is 2.25 bits per heavy atom. The minimum Gasteiger partial charge on any atom is -0.326 e. The Labute approximate surface area is 131 Å². The Balaban J connectivity index is 1.80. The van der Waals surface area contributed by atoms with E-state index in [4.69, 9.17) is 5.73 Å². The van der Waals surface area contributed by atoms with Gasteiger partial charge in [-0.05, 0) is 47.8 Å². The maximum Gasteiger partial charge on any atom is 0.242 e. The molecule has 0 radical (unpaired) electrons. The third kappa shape index (κ3) is 2.69. The van der Waals surface area contributed by atoms with Crippen molar-refractivity contribution < 1.29 is 8.42 Å². The van der Waals surface area contributed by atoms with E-state index in [9.17, 15) is 8.42 Å². The van der Waals surface area contributed by atoms with Gasteiger partial charge in [-0.25, -0.2) is 13.1 Å². The second kappa shape index (κ2) is 5.66. The van der Waals surface area contributed by atoms with Crippen LogP contribution in [0, 0.1) is 0 Å². The number of sulfonamides is 1. The Bertz CT molecular complexity index is 602. The molecule has 112 valence electrons. The molecule has 2 fully saturated rings. The molecule has 3 heterocycles. The van der Waals surface area contributed by atoms with Gasteiger partial charge in [0.25, 0.3) is 0 Å². The molecule has 0 bridgehead atoms. The van der Waals surface area contributed by atoms with Gasteiger partial charge in [0.15, 0.2) is 0 Å². The molecule has 0 aliphatic carbocycles. The molecule has 0 amide bonds. The number of nitrogens with zero attached hydrogens (tertiary/aromatic N) is 1. The number of halogens is 1. The van der Waals surface area contributed by atoms with Gasteiger partial charge in [-0.2, -0.15) is 0 Å². The Morgan fingerprint density at radius 3 is 2.95 bits per heavy atom. The fraction of sp³-hybridized carbons (Fsp3) is 0.667. The van der Waals surface area contributed by atoms with Gasteiger partial charge in [0.2, 0.25) is 10.0 Å². The summed E-state index contributed by atoms with van der Waals surface area (Å²) in [6.45, 7) is 2.46. The minimum atomic E-state index is -3.47. The van der Waals surface area contributed by atoms with Gasteiger partial charge in [-0.3, -0.25) is 4.90 Å². The van der Waals surface area contributed by atoms with Gasteiger partial charge < -0.3 is 5.73 Å². The lowest BCUT2D eigenvalue weighted by atomic mass is 10.1. The predicted octanol–water partition coefficient (Wildman–Crippen LogP) is 1.48. The highest BCUT2D eigenvalue weighted by molar-refractivity contribution is 9.11. The number of nitrogens with one attached hydrogen (secondary N) is 1. The number of hydrogen-bond acceptors (Lipinski definition) is 5. The number of hydrogen-bond donors (Lipinski definition) is 2. The third-order valence-electron chi connectivity index (χ3n) is 4.11. The highest BCUT2D eigenvalue weighted by Crippen LogP contribution is 2.33. The molecule has 2 atom stereocenters. The van der Waals surface area contributed by atoms with Crippen LogP contribution in [0.5, 0.6) is 0 Å². The smallest absolute Gasteiger partial charge is 0.242 e. The molecule has 5 nitrogen and oxygen atoms in total. The molecular formula is C12H18BrN3O2S2. The maximum atomic E-state index is 12.5. The van der Waals surface area contributed by atoms with E-state index >= 15 is 0 Å². The van der Waals surface area contributed by atoms with Crippen molar-refractivity contribution in [2.24, 2.45) is 5.73 Å². The zero-order chi connectivity index (χ0) is 14.3. The summed E-state index contributed by atoms with van der Waals surface area (Å²) in [5, 5.41) is 0. The van der Waals surface area contributed by atoms with Crippen LogP contribution in [0.15, 0.2) is 14.7 Å². The second-order valence-corrected chi connectivity index (χ2v) is 9.45. The summed E-state index contributed by atoms with van der Waals surface area (Å²) in [4.78, 5) is 3.58. The first-order valence-corrected chi connectivity index (χ1v) is 9.85. The van der Waals surface area contributed by atoms with Crippen molar-refractivity contribution in [3.8, 4) is 0 Å². The highest BCUT2D eigenvalue weighted by atomic mass is 79.9. The maximum absolute atomic E-state index is 12.5. The number of thiophene rings is 1. The summed E-state index contributed by atoms with van der Waals surface area (Å²) in [6.07, 6.45) is 3.16. The van der Waals surface area contributed by atoms with Crippen LogP contribution in [0.3, 0.4) is 0 Å². The number of fused-ring (bicyclic) bond motifs is 1. The first-order chi connectivity index (χ1) is 9.51. The van der Waals surface area contributed by atoms with E-state index in [1.54, 1.807) is 6.07 Å². The molecule has 1 aromatic heterocycles.